The summed E-state index contributed by atoms with van der Waals surface area (Å²) in [5, 5.41) is 4.76. The summed E-state index contributed by atoms with van der Waals surface area (Å²) in [6.45, 7) is 1.82. The first-order valence-corrected chi connectivity index (χ1v) is 5.39. The van der Waals surface area contributed by atoms with Crippen molar-refractivity contribution in [2.75, 3.05) is 5.32 Å². The molecule has 82 valence electrons. The molecule has 0 bridgehead atoms. The third-order valence-electron chi connectivity index (χ3n) is 1.84. The molecule has 2 aromatic heterocycles. The second kappa shape index (κ2) is 4.36. The molecule has 0 atom stereocenters. The Kier molecular flexibility index (Phi) is 2.91. The number of amides is 1. The molecule has 0 radical (unpaired) electrons. The zero-order valence-corrected chi connectivity index (χ0v) is 9.21. The molecular formula is C10H8FN3OS. The van der Waals surface area contributed by atoms with Crippen LogP contribution < -0.4 is 5.32 Å². The van der Waals surface area contributed by atoms with Crippen LogP contribution in [-0.2, 0) is 0 Å². The number of hydrogen-bond donors (Lipinski definition) is 1. The number of aryl methyl sites for hydroxylation is 1. The summed E-state index contributed by atoms with van der Waals surface area (Å²) in [5.74, 6) is -1.33. The Balaban J connectivity index is 2.18. The Morgan fingerprint density at radius 3 is 3.00 bits per heavy atom. The van der Waals surface area contributed by atoms with E-state index in [4.69, 9.17) is 0 Å². The topological polar surface area (TPSA) is 54.9 Å². The molecule has 0 spiro atoms. The second-order valence-corrected chi connectivity index (χ2v) is 3.95. The molecule has 0 saturated heterocycles. The van der Waals surface area contributed by atoms with E-state index in [0.717, 1.165) is 5.69 Å². The molecule has 2 heterocycles. The van der Waals surface area contributed by atoms with E-state index in [0.29, 0.717) is 5.13 Å². The van der Waals surface area contributed by atoms with Gasteiger partial charge in [0.25, 0.3) is 5.91 Å². The average Bonchev–Trinajstić information content (AvgIpc) is 2.64. The van der Waals surface area contributed by atoms with E-state index in [1.54, 1.807) is 5.38 Å². The lowest BCUT2D eigenvalue weighted by molar-refractivity contribution is 0.102. The molecule has 6 heteroatoms. The molecule has 1 amide bonds. The molecule has 0 saturated carbocycles. The van der Waals surface area contributed by atoms with Gasteiger partial charge in [0.05, 0.1) is 11.3 Å². The Morgan fingerprint density at radius 1 is 1.56 bits per heavy atom. The molecule has 2 aromatic rings. The molecule has 0 aromatic carbocycles. The van der Waals surface area contributed by atoms with Gasteiger partial charge in [-0.3, -0.25) is 10.1 Å². The molecular weight excluding hydrogens is 229 g/mol. The molecule has 0 aliphatic heterocycles. The van der Waals surface area contributed by atoms with Crippen LogP contribution in [0.25, 0.3) is 0 Å². The zero-order chi connectivity index (χ0) is 11.5. The summed E-state index contributed by atoms with van der Waals surface area (Å²) in [6.07, 6.45) is 1.29. The number of carbonyl (C=O) groups is 1. The van der Waals surface area contributed by atoms with Gasteiger partial charge >= 0.3 is 0 Å². The highest BCUT2D eigenvalue weighted by molar-refractivity contribution is 7.13. The van der Waals surface area contributed by atoms with Crippen molar-refractivity contribution in [3.8, 4) is 0 Å². The van der Waals surface area contributed by atoms with Gasteiger partial charge in [-0.1, -0.05) is 0 Å². The van der Waals surface area contributed by atoms with Crippen molar-refractivity contribution < 1.29 is 9.18 Å². The fourth-order valence-electron chi connectivity index (χ4n) is 1.13. The molecule has 0 aliphatic carbocycles. The van der Waals surface area contributed by atoms with Crippen LogP contribution in [0.3, 0.4) is 0 Å². The maximum atomic E-state index is 13.2. The van der Waals surface area contributed by atoms with E-state index in [-0.39, 0.29) is 5.56 Å². The quantitative estimate of drug-likeness (QED) is 0.815. The molecule has 2 rings (SSSR count). The van der Waals surface area contributed by atoms with E-state index >= 15 is 0 Å². The number of hydrogen-bond acceptors (Lipinski definition) is 4. The van der Waals surface area contributed by atoms with Gasteiger partial charge in [0, 0.05) is 11.6 Å². The van der Waals surface area contributed by atoms with Gasteiger partial charge in [-0.15, -0.1) is 11.3 Å². The Hall–Kier alpha value is -1.82. The Bertz CT molecular complexity index is 526. The summed E-state index contributed by atoms with van der Waals surface area (Å²) < 4.78 is 13.2. The summed E-state index contributed by atoms with van der Waals surface area (Å²) in [5.41, 5.74) is 0.724. The largest absolute Gasteiger partial charge is 0.298 e. The number of rotatable bonds is 2. The van der Waals surface area contributed by atoms with Crippen molar-refractivity contribution in [2.45, 2.75) is 6.92 Å². The lowest BCUT2D eigenvalue weighted by atomic mass is 10.2. The minimum Gasteiger partial charge on any atom is -0.298 e. The minimum absolute atomic E-state index is 0.0876. The average molecular weight is 237 g/mol. The second-order valence-electron chi connectivity index (χ2n) is 3.09. The summed E-state index contributed by atoms with van der Waals surface area (Å²) in [4.78, 5) is 19.1. The maximum absolute atomic E-state index is 13.2. The van der Waals surface area contributed by atoms with Crippen LogP contribution in [0, 0.1) is 12.9 Å². The molecule has 16 heavy (non-hydrogen) atoms. The molecule has 0 unspecified atom stereocenters. The standard InChI is InChI=1S/C10H8FN3OS/c1-6-5-16-10(13-6)14-9(15)7-3-2-4-12-8(7)11/h2-5H,1H3,(H,13,14,15). The summed E-state index contributed by atoms with van der Waals surface area (Å²) in [6, 6.07) is 2.88. The smallest absolute Gasteiger partial charge is 0.262 e. The molecule has 1 N–H and O–H groups in total. The third kappa shape index (κ3) is 2.22. The monoisotopic (exact) mass is 237 g/mol. The van der Waals surface area contributed by atoms with Gasteiger partial charge in [-0.2, -0.15) is 4.39 Å². The highest BCUT2D eigenvalue weighted by Crippen LogP contribution is 2.15. The number of nitrogens with zero attached hydrogens (tertiary/aromatic N) is 2. The van der Waals surface area contributed by atoms with Gasteiger partial charge < -0.3 is 0 Å². The lowest BCUT2D eigenvalue weighted by Crippen LogP contribution is -2.14. The van der Waals surface area contributed by atoms with Crippen molar-refractivity contribution in [2.24, 2.45) is 0 Å². The fraction of sp³-hybridized carbons (Fsp3) is 0.100. The van der Waals surface area contributed by atoms with E-state index in [9.17, 15) is 9.18 Å². The van der Waals surface area contributed by atoms with Gasteiger partial charge in [0.15, 0.2) is 5.13 Å². The highest BCUT2D eigenvalue weighted by atomic mass is 32.1. The molecule has 0 fully saturated rings. The van der Waals surface area contributed by atoms with E-state index < -0.39 is 11.9 Å². The van der Waals surface area contributed by atoms with Crippen molar-refractivity contribution >= 4 is 22.4 Å². The fourth-order valence-corrected chi connectivity index (χ4v) is 1.81. The van der Waals surface area contributed by atoms with Crippen molar-refractivity contribution in [3.05, 3.63) is 40.9 Å². The zero-order valence-electron chi connectivity index (χ0n) is 8.40. The van der Waals surface area contributed by atoms with E-state index in [1.165, 1.54) is 29.7 Å². The van der Waals surface area contributed by atoms with Gasteiger partial charge in [-0.25, -0.2) is 9.97 Å². The molecule has 4 nitrogen and oxygen atoms in total. The summed E-state index contributed by atoms with van der Waals surface area (Å²) >= 11 is 1.29. The van der Waals surface area contributed by atoms with Gasteiger partial charge in [-0.05, 0) is 19.1 Å². The number of thiazole rings is 1. The van der Waals surface area contributed by atoms with Crippen LogP contribution in [0.2, 0.25) is 0 Å². The number of nitrogens with one attached hydrogen (secondary N) is 1. The van der Waals surface area contributed by atoms with E-state index in [2.05, 4.69) is 15.3 Å². The van der Waals surface area contributed by atoms with E-state index in [1.807, 2.05) is 6.92 Å². The number of aromatic nitrogens is 2. The van der Waals surface area contributed by atoms with Gasteiger partial charge in [0.2, 0.25) is 5.95 Å². The Morgan fingerprint density at radius 2 is 2.38 bits per heavy atom. The Labute approximate surface area is 95.2 Å². The normalized spacial score (nSPS) is 10.1. The number of halogens is 1. The molecule has 0 aliphatic rings. The minimum atomic E-state index is -0.784. The number of pyridine rings is 1. The first kappa shape index (κ1) is 10.7. The van der Waals surface area contributed by atoms with Crippen molar-refractivity contribution in [1.82, 2.24) is 9.97 Å². The number of carbonyl (C=O) groups excluding carboxylic acids is 1. The van der Waals surface area contributed by atoms with Crippen LogP contribution >= 0.6 is 11.3 Å². The van der Waals surface area contributed by atoms with Crippen molar-refractivity contribution in [1.29, 1.82) is 0 Å². The maximum Gasteiger partial charge on any atom is 0.262 e. The van der Waals surface area contributed by atoms with Crippen LogP contribution in [-0.4, -0.2) is 15.9 Å². The summed E-state index contributed by atoms with van der Waals surface area (Å²) in [7, 11) is 0. The third-order valence-corrected chi connectivity index (χ3v) is 2.72. The highest BCUT2D eigenvalue weighted by Gasteiger charge is 2.13. The van der Waals surface area contributed by atoms with Crippen LogP contribution in [0.4, 0.5) is 9.52 Å². The van der Waals surface area contributed by atoms with Crippen LogP contribution in [0.5, 0.6) is 0 Å². The SMILES string of the molecule is Cc1csc(NC(=O)c2cccnc2F)n1. The van der Waals surface area contributed by atoms with Crippen LogP contribution in [0.15, 0.2) is 23.7 Å². The first-order valence-electron chi connectivity index (χ1n) is 4.51. The predicted octanol–water partition coefficient (Wildman–Crippen LogP) is 2.24. The van der Waals surface area contributed by atoms with Crippen molar-refractivity contribution in [3.63, 3.8) is 0 Å². The predicted molar refractivity (Wildman–Crippen MR) is 59.0 cm³/mol. The van der Waals surface area contributed by atoms with Gasteiger partial charge in [0.1, 0.15) is 0 Å². The lowest BCUT2D eigenvalue weighted by Gasteiger charge is -2.01. The van der Waals surface area contributed by atoms with Crippen LogP contribution in [0.1, 0.15) is 16.1 Å². The number of anilines is 1. The first-order chi connectivity index (χ1) is 7.66.